The van der Waals surface area contributed by atoms with Gasteiger partial charge in [0.05, 0.1) is 12.2 Å². The predicted octanol–water partition coefficient (Wildman–Crippen LogP) is -2.04. The first-order valence-electron chi connectivity index (χ1n) is 6.08. The highest BCUT2D eigenvalue weighted by Crippen LogP contribution is 2.28. The number of ether oxygens (including phenoxy) is 1. The van der Waals surface area contributed by atoms with E-state index in [4.69, 9.17) is 15.7 Å². The second-order valence-electron chi connectivity index (χ2n) is 4.71. The van der Waals surface area contributed by atoms with Crippen LogP contribution >= 0.6 is 0 Å². The zero-order chi connectivity index (χ0) is 14.9. The van der Waals surface area contributed by atoms with Gasteiger partial charge >= 0.3 is 5.69 Å². The Morgan fingerprint density at radius 1 is 1.70 bits per heavy atom. The fourth-order valence-corrected chi connectivity index (χ4v) is 2.18. The Morgan fingerprint density at radius 3 is 3.05 bits per heavy atom. The number of aromatic nitrogens is 2. The molecule has 105 valence electrons. The van der Waals surface area contributed by atoms with Crippen molar-refractivity contribution in [3.05, 3.63) is 32.6 Å². The summed E-state index contributed by atoms with van der Waals surface area (Å²) in [7, 11) is 1.16. The number of aryl methyl sites for hydroxylation is 1. The van der Waals surface area contributed by atoms with E-state index in [1.54, 1.807) is 12.9 Å². The van der Waals surface area contributed by atoms with Gasteiger partial charge in [-0.25, -0.2) is 10.1 Å². The topological polar surface area (TPSA) is 134 Å². The molecule has 1 aliphatic rings. The highest BCUT2D eigenvalue weighted by molar-refractivity contribution is 6.47. The average molecular weight is 277 g/mol. The second kappa shape index (κ2) is 5.62. The lowest BCUT2D eigenvalue weighted by Crippen LogP contribution is -2.45. The van der Waals surface area contributed by atoms with Crippen LogP contribution in [-0.4, -0.2) is 40.1 Å². The molecule has 8 nitrogen and oxygen atoms in total. The van der Waals surface area contributed by atoms with Crippen molar-refractivity contribution in [2.24, 2.45) is 5.73 Å². The van der Waals surface area contributed by atoms with Crippen LogP contribution in [0, 0.1) is 18.2 Å². The number of H-pyrrole nitrogens is 1. The van der Waals surface area contributed by atoms with Crippen LogP contribution in [0.2, 0.25) is 0 Å². The van der Waals surface area contributed by atoms with E-state index in [-0.39, 0.29) is 6.42 Å². The molecule has 0 bridgehead atoms. The van der Waals surface area contributed by atoms with Crippen LogP contribution in [0.5, 0.6) is 0 Å². The molecule has 2 unspecified atom stereocenters. The number of aliphatic hydroxyl groups excluding tert-OH is 1. The summed E-state index contributed by atoms with van der Waals surface area (Å²) in [6.07, 6.45) is -0.850. The molecule has 0 aliphatic carbocycles. The molecular formula is C11H14BN4O4. The van der Waals surface area contributed by atoms with Gasteiger partial charge in [0.2, 0.25) is 0 Å². The molecular weight excluding hydrogens is 263 g/mol. The number of nitrogens with two attached hydrogens (primary N) is 1. The Kier molecular flexibility index (Phi) is 4.08. The molecule has 1 saturated heterocycles. The van der Waals surface area contributed by atoms with Crippen LogP contribution in [0.1, 0.15) is 18.2 Å². The number of aromatic amines is 1. The zero-order valence-electron chi connectivity index (χ0n) is 10.8. The molecule has 1 aromatic heterocycles. The van der Waals surface area contributed by atoms with Crippen molar-refractivity contribution >= 4 is 7.28 Å². The molecule has 1 radical (unpaired) electrons. The van der Waals surface area contributed by atoms with Gasteiger partial charge in [0, 0.05) is 24.1 Å². The molecule has 20 heavy (non-hydrogen) atoms. The molecule has 1 fully saturated rings. The zero-order valence-corrected chi connectivity index (χ0v) is 10.8. The summed E-state index contributed by atoms with van der Waals surface area (Å²) >= 11 is 0. The molecule has 0 amide bonds. The first-order valence-corrected chi connectivity index (χ1v) is 6.08. The minimum Gasteiger partial charge on any atom is -0.390 e. The summed E-state index contributed by atoms with van der Waals surface area (Å²) < 4.78 is 6.74. The predicted molar refractivity (Wildman–Crippen MR) is 69.9 cm³/mol. The summed E-state index contributed by atoms with van der Waals surface area (Å²) in [5.74, 6) is 1.04. The van der Waals surface area contributed by atoms with Crippen LogP contribution in [0.15, 0.2) is 15.8 Å². The second-order valence-corrected chi connectivity index (χ2v) is 4.71. The lowest BCUT2D eigenvalue weighted by molar-refractivity contribution is -0.0216. The highest BCUT2D eigenvalue weighted by atomic mass is 16.5. The van der Waals surface area contributed by atoms with Gasteiger partial charge in [-0.15, -0.1) is 0 Å². The number of aliphatic hydroxyl groups is 1. The summed E-state index contributed by atoms with van der Waals surface area (Å²) in [4.78, 5) is 25.2. The molecule has 4 atom stereocenters. The van der Waals surface area contributed by atoms with Gasteiger partial charge < -0.3 is 15.6 Å². The number of nitriles is 1. The monoisotopic (exact) mass is 277 g/mol. The number of hydrogen-bond acceptors (Lipinski definition) is 6. The van der Waals surface area contributed by atoms with E-state index in [1.807, 2.05) is 0 Å². The van der Waals surface area contributed by atoms with Crippen molar-refractivity contribution in [2.45, 2.75) is 37.7 Å². The van der Waals surface area contributed by atoms with Crippen LogP contribution in [0.4, 0.5) is 0 Å². The number of hydrogen-bond donors (Lipinski definition) is 3. The Morgan fingerprint density at radius 2 is 2.40 bits per heavy atom. The Labute approximate surface area is 115 Å². The van der Waals surface area contributed by atoms with Gasteiger partial charge in [0.1, 0.15) is 6.23 Å². The van der Waals surface area contributed by atoms with Crippen LogP contribution in [0.3, 0.4) is 0 Å². The lowest BCUT2D eigenvalue weighted by Gasteiger charge is -2.20. The van der Waals surface area contributed by atoms with Crippen LogP contribution < -0.4 is 17.0 Å². The van der Waals surface area contributed by atoms with E-state index < -0.39 is 35.6 Å². The summed E-state index contributed by atoms with van der Waals surface area (Å²) in [6.45, 7) is 1.56. The van der Waals surface area contributed by atoms with Crippen LogP contribution in [0.25, 0.3) is 0 Å². The van der Waals surface area contributed by atoms with Gasteiger partial charge in [0.25, 0.3) is 12.8 Å². The number of rotatable bonds is 3. The van der Waals surface area contributed by atoms with Crippen molar-refractivity contribution in [3.63, 3.8) is 0 Å². The van der Waals surface area contributed by atoms with Crippen molar-refractivity contribution in [3.8, 4) is 5.97 Å². The van der Waals surface area contributed by atoms with Crippen molar-refractivity contribution in [1.29, 1.82) is 5.26 Å². The first kappa shape index (κ1) is 14.5. The molecule has 4 N–H and O–H groups in total. The van der Waals surface area contributed by atoms with E-state index >= 15 is 0 Å². The van der Waals surface area contributed by atoms with Crippen molar-refractivity contribution in [2.75, 3.05) is 0 Å². The molecule has 0 spiro atoms. The fraction of sp³-hybridized carbons (Fsp3) is 0.545. The maximum atomic E-state index is 11.7. The normalized spacial score (nSPS) is 27.0. The quantitative estimate of drug-likeness (QED) is 0.545. The third-order valence-electron chi connectivity index (χ3n) is 3.24. The van der Waals surface area contributed by atoms with E-state index in [0.717, 1.165) is 7.28 Å². The number of nitrogens with one attached hydrogen (secondary N) is 1. The average Bonchev–Trinajstić information content (AvgIpc) is 2.76. The SMILES string of the molecule is Cc1cn([C@H]2CC(O)[C@@H](C(N)[B]C#N)O2)c(=O)[nH]c1=O. The molecule has 2 heterocycles. The van der Waals surface area contributed by atoms with E-state index in [1.165, 1.54) is 10.8 Å². The Bertz CT molecular complexity index is 649. The highest BCUT2D eigenvalue weighted by Gasteiger charge is 2.39. The number of nitrogens with zero attached hydrogens (tertiary/aromatic N) is 2. The minimum absolute atomic E-state index is 0.156. The molecule has 9 heteroatoms. The minimum atomic E-state index is -0.890. The molecule has 0 aromatic carbocycles. The van der Waals surface area contributed by atoms with Crippen molar-refractivity contribution < 1.29 is 9.84 Å². The summed E-state index contributed by atoms with van der Waals surface area (Å²) in [5.41, 5.74) is 4.99. The van der Waals surface area contributed by atoms with Crippen LogP contribution in [-0.2, 0) is 4.74 Å². The maximum absolute atomic E-state index is 11.7. The smallest absolute Gasteiger partial charge is 0.330 e. The third-order valence-corrected chi connectivity index (χ3v) is 3.24. The summed E-state index contributed by atoms with van der Waals surface area (Å²) in [6, 6.07) is 0. The van der Waals surface area contributed by atoms with Gasteiger partial charge in [-0.05, 0) is 12.9 Å². The molecule has 1 aromatic rings. The first-order chi connectivity index (χ1) is 9.43. The standard InChI is InChI=1S/C11H14BN4O4/c1-5-3-16(11(19)15-10(5)18)7-2-6(17)8(20-7)9(14)12-4-13/h3,6-9,17H,2,14H2,1H3,(H,15,18,19)/t6?,7-,8+,9?/m1/s1. The van der Waals surface area contributed by atoms with E-state index in [0.29, 0.717) is 5.56 Å². The third kappa shape index (κ3) is 2.67. The Balaban J connectivity index is 2.25. The van der Waals surface area contributed by atoms with Gasteiger partial charge in [-0.1, -0.05) is 0 Å². The maximum Gasteiger partial charge on any atom is 0.330 e. The molecule has 0 saturated carbocycles. The molecule has 1 aliphatic heterocycles. The van der Waals surface area contributed by atoms with Gasteiger partial charge in [-0.3, -0.25) is 14.3 Å². The van der Waals surface area contributed by atoms with E-state index in [9.17, 15) is 14.7 Å². The van der Waals surface area contributed by atoms with Gasteiger partial charge in [0.15, 0.2) is 0 Å². The largest absolute Gasteiger partial charge is 0.390 e. The van der Waals surface area contributed by atoms with E-state index in [2.05, 4.69) is 4.98 Å². The molecule has 2 rings (SSSR count). The fourth-order valence-electron chi connectivity index (χ4n) is 2.18. The van der Waals surface area contributed by atoms with Crippen molar-refractivity contribution in [1.82, 2.24) is 9.55 Å². The Hall–Kier alpha value is -1.89. The lowest BCUT2D eigenvalue weighted by atomic mass is 9.69. The summed E-state index contributed by atoms with van der Waals surface area (Å²) in [5, 5.41) is 18.5. The van der Waals surface area contributed by atoms with Gasteiger partial charge in [-0.2, -0.15) is 0 Å².